The Morgan fingerprint density at radius 1 is 1.00 bits per heavy atom. The fourth-order valence-corrected chi connectivity index (χ4v) is 5.03. The molecule has 2 aromatic carbocycles. The van der Waals surface area contributed by atoms with Gasteiger partial charge in [-0.3, -0.25) is 14.6 Å². The fourth-order valence-electron chi connectivity index (χ4n) is 5.03. The van der Waals surface area contributed by atoms with Crippen LogP contribution in [-0.2, 0) is 17.8 Å². The quantitative estimate of drug-likeness (QED) is 0.763. The first kappa shape index (κ1) is 20.9. The summed E-state index contributed by atoms with van der Waals surface area (Å²) in [6.07, 6.45) is 0.493. The number of benzene rings is 2. The van der Waals surface area contributed by atoms with E-state index in [0.717, 1.165) is 50.6 Å². The molecular formula is C25H33N3O2. The van der Waals surface area contributed by atoms with E-state index in [0.29, 0.717) is 12.5 Å². The Bertz CT molecular complexity index is 850. The van der Waals surface area contributed by atoms with Crippen LogP contribution in [0.4, 0.5) is 0 Å². The molecule has 2 heterocycles. The minimum absolute atomic E-state index is 0.101. The summed E-state index contributed by atoms with van der Waals surface area (Å²) in [4.78, 5) is 20.1. The van der Waals surface area contributed by atoms with Gasteiger partial charge in [-0.25, -0.2) is 0 Å². The molecule has 0 spiro atoms. The van der Waals surface area contributed by atoms with Gasteiger partial charge >= 0.3 is 0 Å². The van der Waals surface area contributed by atoms with Crippen molar-refractivity contribution in [3.8, 4) is 5.75 Å². The van der Waals surface area contributed by atoms with Gasteiger partial charge in [-0.1, -0.05) is 42.5 Å². The van der Waals surface area contributed by atoms with Crippen molar-refractivity contribution >= 4 is 5.91 Å². The monoisotopic (exact) mass is 407 g/mol. The van der Waals surface area contributed by atoms with Crippen molar-refractivity contribution in [3.05, 3.63) is 65.7 Å². The lowest BCUT2D eigenvalue weighted by Crippen LogP contribution is -2.70. The predicted molar refractivity (Wildman–Crippen MR) is 120 cm³/mol. The molecule has 0 unspecified atom stereocenters. The molecule has 2 saturated heterocycles. The molecule has 2 aliphatic heterocycles. The number of nitrogens with zero attached hydrogens (tertiary/aromatic N) is 3. The van der Waals surface area contributed by atoms with Crippen LogP contribution in [0.5, 0.6) is 5.75 Å². The number of rotatable bonds is 5. The maximum absolute atomic E-state index is 12.9. The number of hydrogen-bond donors (Lipinski definition) is 0. The van der Waals surface area contributed by atoms with E-state index in [4.69, 9.17) is 4.74 Å². The molecule has 2 aliphatic rings. The average Bonchev–Trinajstić information content (AvgIpc) is 2.74. The highest BCUT2D eigenvalue weighted by Crippen LogP contribution is 2.29. The van der Waals surface area contributed by atoms with Crippen molar-refractivity contribution in [1.82, 2.24) is 14.7 Å². The lowest BCUT2D eigenvalue weighted by Gasteiger charge is -2.55. The Hall–Kier alpha value is -2.37. The van der Waals surface area contributed by atoms with Gasteiger partial charge < -0.3 is 9.64 Å². The number of methoxy groups -OCH3 is 1. The van der Waals surface area contributed by atoms with E-state index in [9.17, 15) is 4.79 Å². The first-order valence-electron chi connectivity index (χ1n) is 10.9. The molecule has 1 amide bonds. The van der Waals surface area contributed by atoms with E-state index in [2.05, 4.69) is 40.7 Å². The Morgan fingerprint density at radius 2 is 1.73 bits per heavy atom. The first-order valence-corrected chi connectivity index (χ1v) is 10.9. The van der Waals surface area contributed by atoms with E-state index in [-0.39, 0.29) is 11.4 Å². The van der Waals surface area contributed by atoms with E-state index in [1.807, 2.05) is 42.5 Å². The summed E-state index contributed by atoms with van der Waals surface area (Å²) in [6.45, 7) is 10.2. The number of carbonyl (C=O) groups excluding carboxylic acids is 1. The summed E-state index contributed by atoms with van der Waals surface area (Å²) < 4.78 is 5.28. The lowest BCUT2D eigenvalue weighted by molar-refractivity contribution is -0.138. The smallest absolute Gasteiger partial charge is 0.227 e. The summed E-state index contributed by atoms with van der Waals surface area (Å²) in [5, 5.41) is 0. The molecule has 160 valence electrons. The molecule has 2 fully saturated rings. The molecule has 0 aliphatic carbocycles. The largest absolute Gasteiger partial charge is 0.497 e. The van der Waals surface area contributed by atoms with Crippen LogP contribution in [0.3, 0.4) is 0 Å². The normalized spacial score (nSPS) is 21.8. The zero-order valence-electron chi connectivity index (χ0n) is 18.4. The topological polar surface area (TPSA) is 36.0 Å². The molecule has 5 heteroatoms. The van der Waals surface area contributed by atoms with Crippen LogP contribution in [0, 0.1) is 0 Å². The zero-order chi connectivity index (χ0) is 21.1. The van der Waals surface area contributed by atoms with Gasteiger partial charge in [0, 0.05) is 50.8 Å². The average molecular weight is 408 g/mol. The molecule has 0 saturated carbocycles. The standard InChI is InChI=1S/C25H33N3O2/c1-25(2)19-26(16-21-9-11-23(30-3)12-10-21)17-22-18-27(13-14-28(22)25)24(29)15-20-7-5-4-6-8-20/h4-12,22H,13-19H2,1-3H3/t22-/m1/s1. The number of carbonyl (C=O) groups is 1. The zero-order valence-corrected chi connectivity index (χ0v) is 18.4. The molecule has 4 rings (SSSR count). The van der Waals surface area contributed by atoms with Gasteiger partial charge in [0.25, 0.3) is 0 Å². The van der Waals surface area contributed by atoms with Crippen LogP contribution >= 0.6 is 0 Å². The molecule has 5 nitrogen and oxygen atoms in total. The summed E-state index contributed by atoms with van der Waals surface area (Å²) in [5.41, 5.74) is 2.49. The summed E-state index contributed by atoms with van der Waals surface area (Å²) in [5.74, 6) is 1.13. The molecule has 0 bridgehead atoms. The molecule has 0 aromatic heterocycles. The highest BCUT2D eigenvalue weighted by atomic mass is 16.5. The Balaban J connectivity index is 1.41. The van der Waals surface area contributed by atoms with Gasteiger partial charge in [-0.05, 0) is 37.1 Å². The summed E-state index contributed by atoms with van der Waals surface area (Å²) in [7, 11) is 1.70. The van der Waals surface area contributed by atoms with Crippen LogP contribution in [0.2, 0.25) is 0 Å². The molecule has 2 aromatic rings. The van der Waals surface area contributed by atoms with Gasteiger partial charge in [-0.15, -0.1) is 0 Å². The molecule has 0 N–H and O–H groups in total. The number of ether oxygens (including phenoxy) is 1. The van der Waals surface area contributed by atoms with E-state index in [1.54, 1.807) is 7.11 Å². The maximum Gasteiger partial charge on any atom is 0.227 e. The van der Waals surface area contributed by atoms with Crippen molar-refractivity contribution in [2.45, 2.75) is 38.4 Å². The van der Waals surface area contributed by atoms with Crippen molar-refractivity contribution in [2.75, 3.05) is 39.8 Å². The molecule has 30 heavy (non-hydrogen) atoms. The second-order valence-corrected chi connectivity index (χ2v) is 9.18. The number of fused-ring (bicyclic) bond motifs is 1. The van der Waals surface area contributed by atoms with Gasteiger partial charge in [-0.2, -0.15) is 0 Å². The van der Waals surface area contributed by atoms with Crippen molar-refractivity contribution in [1.29, 1.82) is 0 Å². The molecular weight excluding hydrogens is 374 g/mol. The number of hydrogen-bond acceptors (Lipinski definition) is 4. The van der Waals surface area contributed by atoms with E-state index < -0.39 is 0 Å². The van der Waals surface area contributed by atoms with Crippen molar-refractivity contribution in [2.24, 2.45) is 0 Å². The minimum Gasteiger partial charge on any atom is -0.497 e. The minimum atomic E-state index is 0.101. The Kier molecular flexibility index (Phi) is 6.11. The highest BCUT2D eigenvalue weighted by molar-refractivity contribution is 5.79. The second kappa shape index (κ2) is 8.78. The van der Waals surface area contributed by atoms with Crippen molar-refractivity contribution in [3.63, 3.8) is 0 Å². The van der Waals surface area contributed by atoms with Crippen molar-refractivity contribution < 1.29 is 9.53 Å². The van der Waals surface area contributed by atoms with Crippen LogP contribution in [0.25, 0.3) is 0 Å². The van der Waals surface area contributed by atoms with Crippen LogP contribution in [-0.4, -0.2) is 72.0 Å². The van der Waals surface area contributed by atoms with Gasteiger partial charge in [0.2, 0.25) is 5.91 Å². The van der Waals surface area contributed by atoms with Crippen LogP contribution in [0.1, 0.15) is 25.0 Å². The third-order valence-corrected chi connectivity index (χ3v) is 6.46. The summed E-state index contributed by atoms with van der Waals surface area (Å²) in [6, 6.07) is 18.8. The third kappa shape index (κ3) is 4.68. The summed E-state index contributed by atoms with van der Waals surface area (Å²) >= 11 is 0. The third-order valence-electron chi connectivity index (χ3n) is 6.46. The first-order chi connectivity index (χ1) is 14.4. The molecule has 1 atom stereocenters. The second-order valence-electron chi connectivity index (χ2n) is 9.18. The Morgan fingerprint density at radius 3 is 2.43 bits per heavy atom. The molecule has 0 radical (unpaired) electrons. The van der Waals surface area contributed by atoms with Gasteiger partial charge in [0.15, 0.2) is 0 Å². The van der Waals surface area contributed by atoms with E-state index >= 15 is 0 Å². The number of amides is 1. The van der Waals surface area contributed by atoms with E-state index in [1.165, 1.54) is 5.56 Å². The van der Waals surface area contributed by atoms with Gasteiger partial charge in [0.1, 0.15) is 5.75 Å². The van der Waals surface area contributed by atoms with Crippen LogP contribution in [0.15, 0.2) is 54.6 Å². The lowest BCUT2D eigenvalue weighted by atomic mass is 9.92. The highest BCUT2D eigenvalue weighted by Gasteiger charge is 2.43. The predicted octanol–water partition coefficient (Wildman–Crippen LogP) is 3.04. The fraction of sp³-hybridized carbons (Fsp3) is 0.480. The van der Waals surface area contributed by atoms with Crippen LogP contribution < -0.4 is 4.74 Å². The maximum atomic E-state index is 12.9. The SMILES string of the molecule is COc1ccc(CN2C[C@@H]3CN(C(=O)Cc4ccccc4)CCN3C(C)(C)C2)cc1. The van der Waals surface area contributed by atoms with Gasteiger partial charge in [0.05, 0.1) is 13.5 Å². The number of piperazine rings is 2. The Labute approximate surface area is 180 Å².